The van der Waals surface area contributed by atoms with Crippen molar-refractivity contribution >= 4 is 11.8 Å². The van der Waals surface area contributed by atoms with E-state index in [0.29, 0.717) is 12.0 Å². The largest absolute Gasteiger partial charge is 0.465 e. The van der Waals surface area contributed by atoms with Crippen LogP contribution in [0.4, 0.5) is 0 Å². The van der Waals surface area contributed by atoms with Gasteiger partial charge in [0.15, 0.2) is 5.78 Å². The number of hydrogen-bond donors (Lipinski definition) is 0. The minimum Gasteiger partial charge on any atom is -0.465 e. The maximum absolute atomic E-state index is 12.9. The van der Waals surface area contributed by atoms with Gasteiger partial charge in [0, 0.05) is 11.5 Å². The highest BCUT2D eigenvalue weighted by molar-refractivity contribution is 6.12. The van der Waals surface area contributed by atoms with Crippen LogP contribution in [0, 0.1) is 11.3 Å². The SMILES string of the molecule is C=CC[C@H](C=C)[C@@](C)(C(=O)OCC)C(=O)c1ccccc1. The van der Waals surface area contributed by atoms with E-state index in [9.17, 15) is 9.59 Å². The van der Waals surface area contributed by atoms with Crippen LogP contribution in [-0.2, 0) is 9.53 Å². The van der Waals surface area contributed by atoms with Gasteiger partial charge >= 0.3 is 5.97 Å². The van der Waals surface area contributed by atoms with Crippen LogP contribution in [0.2, 0.25) is 0 Å². The highest BCUT2D eigenvalue weighted by atomic mass is 16.5. The summed E-state index contributed by atoms with van der Waals surface area (Å²) in [6.45, 7) is 11.0. The van der Waals surface area contributed by atoms with Crippen molar-refractivity contribution in [3.63, 3.8) is 0 Å². The van der Waals surface area contributed by atoms with Crippen LogP contribution < -0.4 is 0 Å². The molecule has 21 heavy (non-hydrogen) atoms. The first-order valence-corrected chi connectivity index (χ1v) is 7.02. The predicted molar refractivity (Wildman–Crippen MR) is 84.0 cm³/mol. The molecule has 0 aliphatic rings. The Morgan fingerprint density at radius 2 is 1.90 bits per heavy atom. The van der Waals surface area contributed by atoms with Gasteiger partial charge in [0.05, 0.1) is 6.61 Å². The van der Waals surface area contributed by atoms with Gasteiger partial charge in [0.2, 0.25) is 0 Å². The van der Waals surface area contributed by atoms with Crippen molar-refractivity contribution in [3.05, 3.63) is 61.2 Å². The second kappa shape index (κ2) is 7.58. The summed E-state index contributed by atoms with van der Waals surface area (Å²) >= 11 is 0. The lowest BCUT2D eigenvalue weighted by Gasteiger charge is -2.32. The molecule has 0 spiro atoms. The zero-order valence-corrected chi connectivity index (χ0v) is 12.7. The number of ketones is 1. The van der Waals surface area contributed by atoms with Crippen molar-refractivity contribution in [1.82, 2.24) is 0 Å². The standard InChI is InChI=1S/C18H22O3/c1-5-11-15(6-2)18(4,17(20)21-7-3)16(19)14-12-9-8-10-13-14/h5-6,8-10,12-13,15H,1-2,7,11H2,3-4H3/t15-,18+/m0/s1. The van der Waals surface area contributed by atoms with E-state index in [1.165, 1.54) is 0 Å². The molecule has 0 unspecified atom stereocenters. The van der Waals surface area contributed by atoms with Crippen molar-refractivity contribution in [2.45, 2.75) is 20.3 Å². The average Bonchev–Trinajstić information content (AvgIpc) is 2.52. The molecule has 0 bridgehead atoms. The molecule has 0 radical (unpaired) electrons. The van der Waals surface area contributed by atoms with Crippen molar-refractivity contribution in [1.29, 1.82) is 0 Å². The number of esters is 1. The van der Waals surface area contributed by atoms with E-state index in [1.807, 2.05) is 6.07 Å². The molecule has 0 amide bonds. The van der Waals surface area contributed by atoms with Gasteiger partial charge in [-0.3, -0.25) is 9.59 Å². The summed E-state index contributed by atoms with van der Waals surface area (Å²) < 4.78 is 5.14. The fraction of sp³-hybridized carbons (Fsp3) is 0.333. The van der Waals surface area contributed by atoms with Crippen LogP contribution >= 0.6 is 0 Å². The fourth-order valence-corrected chi connectivity index (χ4v) is 2.33. The van der Waals surface area contributed by atoms with Crippen molar-refractivity contribution in [2.75, 3.05) is 6.61 Å². The molecule has 112 valence electrons. The number of ether oxygens (including phenoxy) is 1. The number of carbonyl (C=O) groups is 2. The Hall–Kier alpha value is -2.16. The van der Waals surface area contributed by atoms with Crippen LogP contribution in [0.5, 0.6) is 0 Å². The van der Waals surface area contributed by atoms with E-state index in [4.69, 9.17) is 4.74 Å². The molecule has 0 aliphatic heterocycles. The number of Topliss-reactive ketones (excluding diaryl/α,β-unsaturated/α-hetero) is 1. The van der Waals surface area contributed by atoms with Gasteiger partial charge in [-0.25, -0.2) is 0 Å². The Balaban J connectivity index is 3.30. The number of allylic oxidation sites excluding steroid dienone is 2. The maximum Gasteiger partial charge on any atom is 0.320 e. The monoisotopic (exact) mass is 286 g/mol. The third kappa shape index (κ3) is 3.48. The Kier molecular flexibility index (Phi) is 6.10. The second-order valence-corrected chi connectivity index (χ2v) is 4.98. The minimum absolute atomic E-state index is 0.231. The minimum atomic E-state index is -1.30. The summed E-state index contributed by atoms with van der Waals surface area (Å²) in [5, 5.41) is 0. The molecule has 0 saturated heterocycles. The molecule has 0 aromatic heterocycles. The summed E-state index contributed by atoms with van der Waals surface area (Å²) in [5.41, 5.74) is -0.809. The third-order valence-corrected chi connectivity index (χ3v) is 3.65. The van der Waals surface area contributed by atoms with Gasteiger partial charge in [-0.15, -0.1) is 13.2 Å². The number of rotatable bonds is 8. The molecule has 0 N–H and O–H groups in total. The first-order valence-electron chi connectivity index (χ1n) is 7.02. The van der Waals surface area contributed by atoms with Gasteiger partial charge in [-0.1, -0.05) is 42.5 Å². The van der Waals surface area contributed by atoms with Gasteiger partial charge < -0.3 is 4.74 Å². The summed E-state index contributed by atoms with van der Waals surface area (Å²) in [5.74, 6) is -1.14. The van der Waals surface area contributed by atoms with Gasteiger partial charge in [-0.05, 0) is 20.3 Å². The topological polar surface area (TPSA) is 43.4 Å². The van der Waals surface area contributed by atoms with Gasteiger partial charge in [0.1, 0.15) is 5.41 Å². The highest BCUT2D eigenvalue weighted by Crippen LogP contribution is 2.36. The molecular weight excluding hydrogens is 264 g/mol. The zero-order valence-electron chi connectivity index (χ0n) is 12.7. The number of benzene rings is 1. The Bertz CT molecular complexity index is 519. The Morgan fingerprint density at radius 3 is 2.38 bits per heavy atom. The van der Waals surface area contributed by atoms with E-state index >= 15 is 0 Å². The summed E-state index contributed by atoms with van der Waals surface area (Å²) in [4.78, 5) is 25.3. The third-order valence-electron chi connectivity index (χ3n) is 3.65. The predicted octanol–water partition coefficient (Wildman–Crippen LogP) is 3.82. The smallest absolute Gasteiger partial charge is 0.320 e. The quantitative estimate of drug-likeness (QED) is 0.316. The van der Waals surface area contributed by atoms with Crippen LogP contribution in [0.1, 0.15) is 30.6 Å². The summed E-state index contributed by atoms with van der Waals surface area (Å²) in [6, 6.07) is 8.78. The van der Waals surface area contributed by atoms with Crippen molar-refractivity contribution < 1.29 is 14.3 Å². The van der Waals surface area contributed by atoms with E-state index < -0.39 is 11.4 Å². The molecule has 0 aliphatic carbocycles. The van der Waals surface area contributed by atoms with E-state index in [0.717, 1.165) is 0 Å². The van der Waals surface area contributed by atoms with Crippen LogP contribution in [-0.4, -0.2) is 18.4 Å². The second-order valence-electron chi connectivity index (χ2n) is 4.98. The van der Waals surface area contributed by atoms with E-state index in [1.54, 1.807) is 50.3 Å². The molecule has 3 nitrogen and oxygen atoms in total. The molecule has 2 atom stereocenters. The number of carbonyl (C=O) groups excluding carboxylic acids is 2. The maximum atomic E-state index is 12.9. The molecule has 1 rings (SSSR count). The average molecular weight is 286 g/mol. The lowest BCUT2D eigenvalue weighted by atomic mass is 9.70. The zero-order chi connectivity index (χ0) is 15.9. The summed E-state index contributed by atoms with van der Waals surface area (Å²) in [6.07, 6.45) is 3.79. The van der Waals surface area contributed by atoms with Crippen LogP contribution in [0.25, 0.3) is 0 Å². The molecule has 1 aromatic rings. The van der Waals surface area contributed by atoms with Gasteiger partial charge in [-0.2, -0.15) is 0 Å². The Morgan fingerprint density at radius 1 is 1.29 bits per heavy atom. The molecule has 0 saturated carbocycles. The molecule has 1 aromatic carbocycles. The molecule has 0 fully saturated rings. The summed E-state index contributed by atoms with van der Waals surface area (Å²) in [7, 11) is 0. The lowest BCUT2D eigenvalue weighted by Crippen LogP contribution is -2.43. The van der Waals surface area contributed by atoms with Crippen molar-refractivity contribution in [3.8, 4) is 0 Å². The van der Waals surface area contributed by atoms with E-state index in [-0.39, 0.29) is 18.3 Å². The highest BCUT2D eigenvalue weighted by Gasteiger charge is 2.47. The van der Waals surface area contributed by atoms with Crippen LogP contribution in [0.15, 0.2) is 55.6 Å². The molecule has 3 heteroatoms. The molecular formula is C18H22O3. The molecule has 0 heterocycles. The first-order chi connectivity index (χ1) is 10.0. The Labute approximate surface area is 126 Å². The number of hydrogen-bond acceptors (Lipinski definition) is 3. The lowest BCUT2D eigenvalue weighted by molar-refractivity contribution is -0.153. The first kappa shape index (κ1) is 16.9. The van der Waals surface area contributed by atoms with E-state index in [2.05, 4.69) is 13.2 Å². The van der Waals surface area contributed by atoms with Crippen LogP contribution in [0.3, 0.4) is 0 Å². The van der Waals surface area contributed by atoms with Crippen molar-refractivity contribution in [2.24, 2.45) is 11.3 Å². The van der Waals surface area contributed by atoms with Gasteiger partial charge in [0.25, 0.3) is 0 Å². The normalized spacial score (nSPS) is 14.6. The fourth-order valence-electron chi connectivity index (χ4n) is 2.33.